The van der Waals surface area contributed by atoms with Gasteiger partial charge in [-0.2, -0.15) is 0 Å². The number of likely N-dealkylation sites (tertiary alicyclic amines) is 1. The third-order valence-electron chi connectivity index (χ3n) is 3.33. The van der Waals surface area contributed by atoms with Gasteiger partial charge in [-0.05, 0) is 20.3 Å². The molecule has 1 unspecified atom stereocenters. The van der Waals surface area contributed by atoms with Gasteiger partial charge in [-0.15, -0.1) is 0 Å². The van der Waals surface area contributed by atoms with Gasteiger partial charge in [0.15, 0.2) is 0 Å². The number of hydrogen-bond donors (Lipinski definition) is 1. The van der Waals surface area contributed by atoms with E-state index in [0.717, 1.165) is 26.3 Å². The molecule has 2 fully saturated rings. The minimum Gasteiger partial charge on any atom is -0.379 e. The van der Waals surface area contributed by atoms with Crippen LogP contribution in [-0.2, 0) is 4.74 Å². The molecule has 15 heavy (non-hydrogen) atoms. The van der Waals surface area contributed by atoms with Crippen LogP contribution < -0.4 is 5.43 Å². The smallest absolute Gasteiger partial charge is 0.0608 e. The Morgan fingerprint density at radius 1 is 1.20 bits per heavy atom. The topological polar surface area (TPSA) is 27.7 Å². The van der Waals surface area contributed by atoms with Gasteiger partial charge in [0.1, 0.15) is 0 Å². The van der Waals surface area contributed by atoms with Crippen LogP contribution in [0.3, 0.4) is 0 Å². The molecule has 0 spiro atoms. The van der Waals surface area contributed by atoms with E-state index in [-0.39, 0.29) is 0 Å². The fraction of sp³-hybridized carbons (Fsp3) is 1.00. The van der Waals surface area contributed by atoms with Crippen LogP contribution in [-0.4, -0.2) is 61.4 Å². The van der Waals surface area contributed by atoms with Crippen LogP contribution in [0.25, 0.3) is 0 Å². The highest BCUT2D eigenvalue weighted by molar-refractivity contribution is 4.82. The summed E-state index contributed by atoms with van der Waals surface area (Å²) >= 11 is 0. The molecule has 0 radical (unpaired) electrons. The van der Waals surface area contributed by atoms with Crippen molar-refractivity contribution in [1.29, 1.82) is 0 Å². The molecule has 0 bridgehead atoms. The molecule has 0 aromatic carbocycles. The van der Waals surface area contributed by atoms with Crippen molar-refractivity contribution in [3.8, 4) is 0 Å². The Morgan fingerprint density at radius 2 is 1.93 bits per heavy atom. The summed E-state index contributed by atoms with van der Waals surface area (Å²) in [5.41, 5.74) is 3.61. The molecular weight excluding hydrogens is 190 g/mol. The van der Waals surface area contributed by atoms with Crippen molar-refractivity contribution in [3.63, 3.8) is 0 Å². The first-order chi connectivity index (χ1) is 7.25. The molecule has 1 atom stereocenters. The van der Waals surface area contributed by atoms with Crippen molar-refractivity contribution < 1.29 is 4.74 Å². The zero-order valence-corrected chi connectivity index (χ0v) is 9.91. The fourth-order valence-electron chi connectivity index (χ4n) is 2.31. The number of hydrazine groups is 1. The standard InChI is InChI=1S/C11H23N3O/c1-10(2)13-4-3-11(9-13)12-14-5-7-15-8-6-14/h10-12H,3-9H2,1-2H3. The Kier molecular flexibility index (Phi) is 3.97. The molecule has 0 aromatic rings. The summed E-state index contributed by atoms with van der Waals surface area (Å²) in [6.07, 6.45) is 1.27. The highest BCUT2D eigenvalue weighted by Crippen LogP contribution is 2.12. The fourth-order valence-corrected chi connectivity index (χ4v) is 2.31. The van der Waals surface area contributed by atoms with E-state index in [2.05, 4.69) is 29.2 Å². The van der Waals surface area contributed by atoms with E-state index in [9.17, 15) is 0 Å². The van der Waals surface area contributed by atoms with Crippen LogP contribution in [0.5, 0.6) is 0 Å². The van der Waals surface area contributed by atoms with Gasteiger partial charge in [0, 0.05) is 38.3 Å². The first-order valence-corrected chi connectivity index (χ1v) is 6.08. The minimum atomic E-state index is 0.644. The quantitative estimate of drug-likeness (QED) is 0.730. The Bertz CT molecular complexity index is 192. The summed E-state index contributed by atoms with van der Waals surface area (Å²) in [5, 5.41) is 2.32. The van der Waals surface area contributed by atoms with Crippen molar-refractivity contribution in [2.24, 2.45) is 0 Å². The molecule has 1 N–H and O–H groups in total. The first kappa shape index (κ1) is 11.3. The number of ether oxygens (including phenoxy) is 1. The van der Waals surface area contributed by atoms with Crippen LogP contribution in [0, 0.1) is 0 Å². The third-order valence-corrected chi connectivity index (χ3v) is 3.33. The van der Waals surface area contributed by atoms with Gasteiger partial charge < -0.3 is 4.74 Å². The number of hydrogen-bond acceptors (Lipinski definition) is 4. The molecule has 0 aliphatic carbocycles. The summed E-state index contributed by atoms with van der Waals surface area (Å²) in [6, 6.07) is 1.33. The van der Waals surface area contributed by atoms with E-state index in [0.29, 0.717) is 12.1 Å². The summed E-state index contributed by atoms with van der Waals surface area (Å²) in [7, 11) is 0. The van der Waals surface area contributed by atoms with Crippen molar-refractivity contribution in [3.05, 3.63) is 0 Å². The van der Waals surface area contributed by atoms with Gasteiger partial charge in [-0.3, -0.25) is 10.3 Å². The monoisotopic (exact) mass is 213 g/mol. The maximum Gasteiger partial charge on any atom is 0.0608 e. The molecule has 4 nitrogen and oxygen atoms in total. The number of nitrogens with zero attached hydrogens (tertiary/aromatic N) is 2. The number of morpholine rings is 1. The maximum atomic E-state index is 5.33. The van der Waals surface area contributed by atoms with E-state index in [1.807, 2.05) is 0 Å². The molecule has 0 aromatic heterocycles. The minimum absolute atomic E-state index is 0.644. The Labute approximate surface area is 92.5 Å². The lowest BCUT2D eigenvalue weighted by Gasteiger charge is -2.30. The van der Waals surface area contributed by atoms with Gasteiger partial charge in [0.2, 0.25) is 0 Å². The van der Waals surface area contributed by atoms with Crippen LogP contribution in [0.2, 0.25) is 0 Å². The van der Waals surface area contributed by atoms with E-state index in [4.69, 9.17) is 4.74 Å². The second-order valence-electron chi connectivity index (χ2n) is 4.80. The highest BCUT2D eigenvalue weighted by Gasteiger charge is 2.25. The average molecular weight is 213 g/mol. The second-order valence-corrected chi connectivity index (χ2v) is 4.80. The van der Waals surface area contributed by atoms with Crippen molar-refractivity contribution >= 4 is 0 Å². The lowest BCUT2D eigenvalue weighted by Crippen LogP contribution is -2.51. The normalized spacial score (nSPS) is 30.2. The molecule has 4 heteroatoms. The summed E-state index contributed by atoms with van der Waals surface area (Å²) in [4.78, 5) is 2.54. The molecular formula is C11H23N3O. The van der Waals surface area contributed by atoms with Crippen molar-refractivity contribution in [1.82, 2.24) is 15.3 Å². The molecule has 0 saturated carbocycles. The maximum absolute atomic E-state index is 5.33. The van der Waals surface area contributed by atoms with Crippen LogP contribution in [0.1, 0.15) is 20.3 Å². The van der Waals surface area contributed by atoms with E-state index < -0.39 is 0 Å². The molecule has 2 saturated heterocycles. The first-order valence-electron chi connectivity index (χ1n) is 6.08. The lowest BCUT2D eigenvalue weighted by molar-refractivity contribution is 0.00417. The second kappa shape index (κ2) is 5.25. The zero-order valence-electron chi connectivity index (χ0n) is 9.91. The predicted molar refractivity (Wildman–Crippen MR) is 60.6 cm³/mol. The molecule has 2 rings (SSSR count). The molecule has 2 aliphatic rings. The molecule has 0 amide bonds. The van der Waals surface area contributed by atoms with E-state index >= 15 is 0 Å². The van der Waals surface area contributed by atoms with E-state index in [1.165, 1.54) is 19.5 Å². The molecule has 2 heterocycles. The lowest BCUT2D eigenvalue weighted by atomic mass is 10.3. The summed E-state index contributed by atoms with van der Waals surface area (Å²) < 4.78 is 5.33. The average Bonchev–Trinajstić information content (AvgIpc) is 2.68. The van der Waals surface area contributed by atoms with Gasteiger partial charge in [0.05, 0.1) is 13.2 Å². The number of nitrogens with one attached hydrogen (secondary N) is 1. The Hall–Kier alpha value is -0.160. The summed E-state index contributed by atoms with van der Waals surface area (Å²) in [6.45, 7) is 10.8. The van der Waals surface area contributed by atoms with Crippen LogP contribution in [0.15, 0.2) is 0 Å². The van der Waals surface area contributed by atoms with Crippen LogP contribution >= 0.6 is 0 Å². The van der Waals surface area contributed by atoms with Gasteiger partial charge >= 0.3 is 0 Å². The SMILES string of the molecule is CC(C)N1CCC(NN2CCOCC2)C1. The Balaban J connectivity index is 1.71. The largest absolute Gasteiger partial charge is 0.379 e. The summed E-state index contributed by atoms with van der Waals surface area (Å²) in [5.74, 6) is 0. The van der Waals surface area contributed by atoms with Crippen molar-refractivity contribution in [2.45, 2.75) is 32.4 Å². The van der Waals surface area contributed by atoms with Crippen molar-refractivity contribution in [2.75, 3.05) is 39.4 Å². The van der Waals surface area contributed by atoms with Gasteiger partial charge in [-0.25, -0.2) is 5.01 Å². The zero-order chi connectivity index (χ0) is 10.7. The van der Waals surface area contributed by atoms with Crippen LogP contribution in [0.4, 0.5) is 0 Å². The number of rotatable bonds is 3. The third kappa shape index (κ3) is 3.14. The predicted octanol–water partition coefficient (Wildman–Crippen LogP) is 0.306. The van der Waals surface area contributed by atoms with Gasteiger partial charge in [0.25, 0.3) is 0 Å². The molecule has 2 aliphatic heterocycles. The van der Waals surface area contributed by atoms with E-state index in [1.54, 1.807) is 0 Å². The Morgan fingerprint density at radius 3 is 2.53 bits per heavy atom. The molecule has 88 valence electrons. The van der Waals surface area contributed by atoms with Gasteiger partial charge in [-0.1, -0.05) is 0 Å². The highest BCUT2D eigenvalue weighted by atomic mass is 16.5.